The Morgan fingerprint density at radius 1 is 1.30 bits per heavy atom. The molecule has 0 radical (unpaired) electrons. The Morgan fingerprint density at radius 2 is 2.05 bits per heavy atom. The number of rotatable bonds is 3. The standard InChI is InChI=1S/C18H27NO/c1-13(2)10-17-15-7-6-14(20-3)11-16(15)18(12-19-17)8-4-5-9-18/h6-7,11,13,17,19H,4-5,8-10,12H2,1-3H3. The fourth-order valence-corrected chi connectivity index (χ4v) is 4.13. The molecule has 0 saturated heterocycles. The zero-order valence-electron chi connectivity index (χ0n) is 13.0. The van der Waals surface area contributed by atoms with Gasteiger partial charge < -0.3 is 10.1 Å². The van der Waals surface area contributed by atoms with E-state index in [1.807, 2.05) is 0 Å². The van der Waals surface area contributed by atoms with Gasteiger partial charge in [-0.1, -0.05) is 32.8 Å². The van der Waals surface area contributed by atoms with E-state index in [9.17, 15) is 0 Å². The van der Waals surface area contributed by atoms with Crippen LogP contribution in [0.25, 0.3) is 0 Å². The van der Waals surface area contributed by atoms with Crippen LogP contribution in [0.5, 0.6) is 5.75 Å². The second kappa shape index (κ2) is 5.40. The topological polar surface area (TPSA) is 21.3 Å². The highest BCUT2D eigenvalue weighted by atomic mass is 16.5. The van der Waals surface area contributed by atoms with Crippen molar-refractivity contribution in [2.45, 2.75) is 57.4 Å². The van der Waals surface area contributed by atoms with Crippen molar-refractivity contribution >= 4 is 0 Å². The second-order valence-corrected chi connectivity index (χ2v) is 7.00. The molecule has 2 aliphatic rings. The smallest absolute Gasteiger partial charge is 0.119 e. The Bertz CT molecular complexity index is 474. The molecular weight excluding hydrogens is 246 g/mol. The molecule has 1 aromatic rings. The third-order valence-corrected chi connectivity index (χ3v) is 5.16. The highest BCUT2D eigenvalue weighted by Gasteiger charge is 2.41. The van der Waals surface area contributed by atoms with Gasteiger partial charge in [0.25, 0.3) is 0 Å². The second-order valence-electron chi connectivity index (χ2n) is 7.00. The van der Waals surface area contributed by atoms with Gasteiger partial charge in [0.15, 0.2) is 0 Å². The van der Waals surface area contributed by atoms with Gasteiger partial charge in [-0.25, -0.2) is 0 Å². The summed E-state index contributed by atoms with van der Waals surface area (Å²) in [6, 6.07) is 7.26. The lowest BCUT2D eigenvalue weighted by Gasteiger charge is -2.41. The molecule has 0 bridgehead atoms. The van der Waals surface area contributed by atoms with Crippen molar-refractivity contribution in [3.8, 4) is 5.75 Å². The summed E-state index contributed by atoms with van der Waals surface area (Å²) in [5.74, 6) is 1.74. The summed E-state index contributed by atoms with van der Waals surface area (Å²) in [6.07, 6.45) is 6.61. The molecule has 3 rings (SSSR count). The average Bonchev–Trinajstić information content (AvgIpc) is 2.91. The molecule has 1 aliphatic heterocycles. The summed E-state index contributed by atoms with van der Waals surface area (Å²) in [5, 5.41) is 3.84. The van der Waals surface area contributed by atoms with Gasteiger partial charge in [0, 0.05) is 18.0 Å². The van der Waals surface area contributed by atoms with Crippen LogP contribution in [-0.2, 0) is 5.41 Å². The number of nitrogens with one attached hydrogen (secondary N) is 1. The maximum absolute atomic E-state index is 5.48. The van der Waals surface area contributed by atoms with Crippen molar-refractivity contribution in [2.75, 3.05) is 13.7 Å². The SMILES string of the molecule is COc1ccc2c(c1)C1(CCCC1)CNC2CC(C)C. The summed E-state index contributed by atoms with van der Waals surface area (Å²) >= 11 is 0. The van der Waals surface area contributed by atoms with Crippen LogP contribution >= 0.6 is 0 Å². The molecule has 1 fully saturated rings. The zero-order chi connectivity index (χ0) is 14.2. The normalized spacial score (nSPS) is 24.1. The van der Waals surface area contributed by atoms with E-state index >= 15 is 0 Å². The molecule has 110 valence electrons. The van der Waals surface area contributed by atoms with E-state index in [-0.39, 0.29) is 0 Å². The Hall–Kier alpha value is -1.02. The van der Waals surface area contributed by atoms with Gasteiger partial charge >= 0.3 is 0 Å². The fourth-order valence-electron chi connectivity index (χ4n) is 4.13. The van der Waals surface area contributed by atoms with Gasteiger partial charge in [0.05, 0.1) is 7.11 Å². The van der Waals surface area contributed by atoms with Gasteiger partial charge in [0.1, 0.15) is 5.75 Å². The molecule has 1 aliphatic carbocycles. The molecule has 1 heterocycles. The number of methoxy groups -OCH3 is 1. The minimum absolute atomic E-state index is 0.372. The molecule has 1 N–H and O–H groups in total. The summed E-state index contributed by atoms with van der Waals surface area (Å²) in [6.45, 7) is 5.76. The van der Waals surface area contributed by atoms with Crippen molar-refractivity contribution in [2.24, 2.45) is 5.92 Å². The predicted molar refractivity (Wildman–Crippen MR) is 83.3 cm³/mol. The third kappa shape index (κ3) is 2.35. The fraction of sp³-hybridized carbons (Fsp3) is 0.667. The molecule has 0 aromatic heterocycles. The Balaban J connectivity index is 2.02. The number of fused-ring (bicyclic) bond motifs is 2. The Kier molecular flexibility index (Phi) is 3.76. The average molecular weight is 273 g/mol. The van der Waals surface area contributed by atoms with Crippen molar-refractivity contribution in [1.82, 2.24) is 5.32 Å². The van der Waals surface area contributed by atoms with E-state index in [4.69, 9.17) is 4.74 Å². The van der Waals surface area contributed by atoms with Crippen molar-refractivity contribution in [3.63, 3.8) is 0 Å². The minimum atomic E-state index is 0.372. The van der Waals surface area contributed by atoms with Crippen LogP contribution in [0.1, 0.15) is 63.1 Å². The van der Waals surface area contributed by atoms with Gasteiger partial charge in [-0.15, -0.1) is 0 Å². The summed E-state index contributed by atoms with van der Waals surface area (Å²) in [5.41, 5.74) is 3.46. The van der Waals surface area contributed by atoms with Crippen LogP contribution in [0.15, 0.2) is 18.2 Å². The third-order valence-electron chi connectivity index (χ3n) is 5.16. The highest BCUT2D eigenvalue weighted by molar-refractivity contribution is 5.45. The Labute approximate surface area is 122 Å². The largest absolute Gasteiger partial charge is 0.497 e. The summed E-state index contributed by atoms with van der Waals surface area (Å²) in [7, 11) is 1.77. The van der Waals surface area contributed by atoms with Crippen molar-refractivity contribution < 1.29 is 4.74 Å². The van der Waals surface area contributed by atoms with Crippen LogP contribution in [0, 0.1) is 5.92 Å². The zero-order valence-corrected chi connectivity index (χ0v) is 13.0. The van der Waals surface area contributed by atoms with E-state index < -0.39 is 0 Å². The van der Waals surface area contributed by atoms with E-state index in [2.05, 4.69) is 37.4 Å². The van der Waals surface area contributed by atoms with Gasteiger partial charge in [0.2, 0.25) is 0 Å². The molecular formula is C18H27NO. The molecule has 1 spiro atoms. The first-order valence-electron chi connectivity index (χ1n) is 8.06. The molecule has 0 amide bonds. The lowest BCUT2D eigenvalue weighted by Crippen LogP contribution is -2.44. The maximum atomic E-state index is 5.48. The predicted octanol–water partition coefficient (Wildman–Crippen LogP) is 4.20. The molecule has 2 heteroatoms. The minimum Gasteiger partial charge on any atom is -0.497 e. The lowest BCUT2D eigenvalue weighted by molar-refractivity contribution is 0.311. The summed E-state index contributed by atoms with van der Waals surface area (Å²) < 4.78 is 5.48. The van der Waals surface area contributed by atoms with E-state index in [1.54, 1.807) is 12.7 Å². The number of ether oxygens (including phenoxy) is 1. The van der Waals surface area contributed by atoms with Crippen LogP contribution in [0.2, 0.25) is 0 Å². The maximum Gasteiger partial charge on any atom is 0.119 e. The van der Waals surface area contributed by atoms with E-state index in [0.717, 1.165) is 18.2 Å². The lowest BCUT2D eigenvalue weighted by atomic mass is 9.71. The first-order chi connectivity index (χ1) is 9.64. The van der Waals surface area contributed by atoms with E-state index in [0.29, 0.717) is 11.5 Å². The summed E-state index contributed by atoms with van der Waals surface area (Å²) in [4.78, 5) is 0. The molecule has 1 aromatic carbocycles. The van der Waals surface area contributed by atoms with Gasteiger partial charge in [-0.3, -0.25) is 0 Å². The molecule has 20 heavy (non-hydrogen) atoms. The molecule has 1 atom stereocenters. The first-order valence-corrected chi connectivity index (χ1v) is 8.06. The van der Waals surface area contributed by atoms with Crippen LogP contribution in [0.3, 0.4) is 0 Å². The van der Waals surface area contributed by atoms with Gasteiger partial charge in [-0.2, -0.15) is 0 Å². The number of benzene rings is 1. The number of hydrogen-bond acceptors (Lipinski definition) is 2. The monoisotopic (exact) mass is 273 g/mol. The van der Waals surface area contributed by atoms with Crippen molar-refractivity contribution in [1.29, 1.82) is 0 Å². The molecule has 2 nitrogen and oxygen atoms in total. The highest BCUT2D eigenvalue weighted by Crippen LogP contribution is 2.47. The van der Waals surface area contributed by atoms with E-state index in [1.165, 1.54) is 37.7 Å². The van der Waals surface area contributed by atoms with Crippen LogP contribution < -0.4 is 10.1 Å². The first kappa shape index (κ1) is 13.9. The number of hydrogen-bond donors (Lipinski definition) is 1. The quantitative estimate of drug-likeness (QED) is 0.891. The van der Waals surface area contributed by atoms with Crippen molar-refractivity contribution in [3.05, 3.63) is 29.3 Å². The van der Waals surface area contributed by atoms with Crippen LogP contribution in [-0.4, -0.2) is 13.7 Å². The van der Waals surface area contributed by atoms with Crippen LogP contribution in [0.4, 0.5) is 0 Å². The Morgan fingerprint density at radius 3 is 2.70 bits per heavy atom. The van der Waals surface area contributed by atoms with Gasteiger partial charge in [-0.05, 0) is 48.4 Å². The molecule has 1 saturated carbocycles. The molecule has 1 unspecified atom stereocenters.